The van der Waals surface area contributed by atoms with Crippen LogP contribution in [0.5, 0.6) is 0 Å². The van der Waals surface area contributed by atoms with Gasteiger partial charge in [0.05, 0.1) is 6.33 Å². The van der Waals surface area contributed by atoms with Gasteiger partial charge < -0.3 is 0 Å². The second kappa shape index (κ2) is 0.814. The summed E-state index contributed by atoms with van der Waals surface area (Å²) in [6.07, 6.45) is 2.69. The van der Waals surface area contributed by atoms with E-state index in [1.165, 1.54) is 0 Å². The molecule has 1 heteroatoms. The van der Waals surface area contributed by atoms with E-state index in [2.05, 4.69) is 0 Å². The quantitative estimate of drug-likeness (QED) is 0.408. The molecule has 0 N–H and O–H groups in total. The van der Waals surface area contributed by atoms with Crippen molar-refractivity contribution in [2.45, 2.75) is 12.8 Å². The lowest BCUT2D eigenvalue weighted by Gasteiger charge is -1.49. The van der Waals surface area contributed by atoms with Crippen LogP contribution in [0, 0.1) is 0 Å². The van der Waals surface area contributed by atoms with Crippen LogP contribution in [0.3, 0.4) is 0 Å². The maximum atomic E-state index is 11.0. The van der Waals surface area contributed by atoms with Crippen LogP contribution in [0.25, 0.3) is 0 Å². The number of hydrogen-bond acceptors (Lipinski definition) is 0. The van der Waals surface area contributed by atoms with Crippen LogP contribution in [0.1, 0.15) is 12.8 Å². The van der Waals surface area contributed by atoms with Gasteiger partial charge >= 0.3 is 0 Å². The smallest absolute Gasteiger partial charge is 0.0859 e. The molecule has 1 aliphatic rings. The Morgan fingerprint density at radius 1 is 1.60 bits per heavy atom. The molecule has 28 valence electrons. The highest BCUT2D eigenvalue weighted by Gasteiger charge is 2.08. The highest BCUT2D eigenvalue weighted by molar-refractivity contribution is 5.12. The molecule has 0 amide bonds. The molecule has 0 spiro atoms. The van der Waals surface area contributed by atoms with Crippen LogP contribution in [0.2, 0.25) is 0 Å². The summed E-state index contributed by atoms with van der Waals surface area (Å²) >= 11 is 0. The van der Waals surface area contributed by atoms with Gasteiger partial charge in [-0.25, -0.2) is 4.39 Å². The lowest BCUT2D eigenvalue weighted by molar-refractivity contribution is 0.717. The van der Waals surface area contributed by atoms with Gasteiger partial charge in [-0.15, -0.1) is 0 Å². The summed E-state index contributed by atoms with van der Waals surface area (Å²) in [6.45, 7) is 0. The molecule has 5 heavy (non-hydrogen) atoms. The van der Waals surface area contributed by atoms with Crippen molar-refractivity contribution in [3.05, 3.63) is 11.9 Å². The van der Waals surface area contributed by atoms with Gasteiger partial charge in [0.15, 0.2) is 0 Å². The number of hydrogen-bond donors (Lipinski definition) is 0. The van der Waals surface area contributed by atoms with Crippen molar-refractivity contribution in [2.75, 3.05) is 0 Å². The van der Waals surface area contributed by atoms with Crippen LogP contribution in [-0.4, -0.2) is 0 Å². The molecule has 0 aromatic carbocycles. The van der Waals surface area contributed by atoms with E-state index >= 15 is 0 Å². The SMILES string of the molecule is FC=C1CC1. The fraction of sp³-hybridized carbons (Fsp3) is 0.500. The minimum absolute atomic E-state index is 0.694. The maximum absolute atomic E-state index is 11.0. The largest absolute Gasteiger partial charge is 0.216 e. The van der Waals surface area contributed by atoms with Gasteiger partial charge in [-0.3, -0.25) is 0 Å². The summed E-state index contributed by atoms with van der Waals surface area (Å²) in [4.78, 5) is 0. The summed E-state index contributed by atoms with van der Waals surface area (Å²) in [7, 11) is 0. The van der Waals surface area contributed by atoms with E-state index in [-0.39, 0.29) is 0 Å². The molecule has 0 aromatic heterocycles. The van der Waals surface area contributed by atoms with Gasteiger partial charge in [-0.05, 0) is 18.4 Å². The van der Waals surface area contributed by atoms with Crippen LogP contribution in [-0.2, 0) is 0 Å². The van der Waals surface area contributed by atoms with Crippen LogP contribution >= 0.6 is 0 Å². The Balaban J connectivity index is 2.46. The van der Waals surface area contributed by atoms with Crippen LogP contribution in [0.15, 0.2) is 11.9 Å². The van der Waals surface area contributed by atoms with Crippen molar-refractivity contribution < 1.29 is 4.39 Å². The molecule has 0 atom stereocenters. The number of rotatable bonds is 0. The fourth-order valence-electron chi connectivity index (χ4n) is 0.181. The lowest BCUT2D eigenvalue weighted by Crippen LogP contribution is -1.27. The topological polar surface area (TPSA) is 0 Å². The zero-order chi connectivity index (χ0) is 3.70. The molecular formula is C4H5F. The number of halogens is 1. The first kappa shape index (κ1) is 2.88. The fourth-order valence-corrected chi connectivity index (χ4v) is 0.181. The standard InChI is InChI=1S/C4H5F/c5-3-4-1-2-4/h3H,1-2H2. The van der Waals surface area contributed by atoms with E-state index in [4.69, 9.17) is 0 Å². The second-order valence-electron chi connectivity index (χ2n) is 1.27. The second-order valence-corrected chi connectivity index (χ2v) is 1.27. The average Bonchev–Trinajstić information content (AvgIpc) is 2.12. The van der Waals surface area contributed by atoms with Crippen LogP contribution < -0.4 is 0 Å². The summed E-state index contributed by atoms with van der Waals surface area (Å²) in [6, 6.07) is 0. The molecule has 0 unspecified atom stereocenters. The monoisotopic (exact) mass is 72.0 g/mol. The lowest BCUT2D eigenvalue weighted by atomic mass is 10.7. The summed E-state index contributed by atoms with van der Waals surface area (Å²) in [5.74, 6) is 0. The van der Waals surface area contributed by atoms with Gasteiger partial charge in [0, 0.05) is 0 Å². The van der Waals surface area contributed by atoms with E-state index in [0.717, 1.165) is 18.4 Å². The minimum Gasteiger partial charge on any atom is -0.216 e. The first-order valence-corrected chi connectivity index (χ1v) is 1.71. The maximum Gasteiger partial charge on any atom is 0.0859 e. The van der Waals surface area contributed by atoms with E-state index in [0.29, 0.717) is 6.33 Å². The zero-order valence-electron chi connectivity index (χ0n) is 2.87. The van der Waals surface area contributed by atoms with Crippen molar-refractivity contribution in [3.63, 3.8) is 0 Å². The Morgan fingerprint density at radius 3 is 2.20 bits per heavy atom. The first-order valence-electron chi connectivity index (χ1n) is 1.71. The van der Waals surface area contributed by atoms with Gasteiger partial charge in [0.25, 0.3) is 0 Å². The predicted molar refractivity (Wildman–Crippen MR) is 18.4 cm³/mol. The molecule has 0 nitrogen and oxygen atoms in total. The Hall–Kier alpha value is -0.330. The third-order valence-corrected chi connectivity index (χ3v) is 0.693. The molecule has 0 bridgehead atoms. The molecule has 0 saturated heterocycles. The molecule has 0 radical (unpaired) electrons. The summed E-state index contributed by atoms with van der Waals surface area (Å²) in [5.41, 5.74) is 0.963. The average molecular weight is 72.1 g/mol. The Bertz CT molecular complexity index is 58.0. The normalized spacial score (nSPS) is 19.0. The first-order chi connectivity index (χ1) is 2.43. The Morgan fingerprint density at radius 2 is 2.20 bits per heavy atom. The molecule has 0 aromatic rings. The molecule has 1 saturated carbocycles. The highest BCUT2D eigenvalue weighted by Crippen LogP contribution is 2.26. The number of allylic oxidation sites excluding steroid dienone is 1. The Kier molecular flexibility index (Phi) is 0.469. The van der Waals surface area contributed by atoms with E-state index in [9.17, 15) is 4.39 Å². The minimum atomic E-state index is 0.694. The van der Waals surface area contributed by atoms with E-state index in [1.54, 1.807) is 0 Å². The zero-order valence-corrected chi connectivity index (χ0v) is 2.87. The van der Waals surface area contributed by atoms with Gasteiger partial charge in [0.1, 0.15) is 0 Å². The van der Waals surface area contributed by atoms with Crippen molar-refractivity contribution in [2.24, 2.45) is 0 Å². The van der Waals surface area contributed by atoms with Crippen LogP contribution in [0.4, 0.5) is 4.39 Å². The summed E-state index contributed by atoms with van der Waals surface area (Å²) < 4.78 is 11.0. The van der Waals surface area contributed by atoms with Crippen molar-refractivity contribution in [1.82, 2.24) is 0 Å². The van der Waals surface area contributed by atoms with Gasteiger partial charge in [0.2, 0.25) is 0 Å². The molecule has 1 aliphatic carbocycles. The molecule has 1 fully saturated rings. The van der Waals surface area contributed by atoms with E-state index in [1.807, 2.05) is 0 Å². The Labute approximate surface area is 30.3 Å². The van der Waals surface area contributed by atoms with Crippen molar-refractivity contribution in [3.8, 4) is 0 Å². The van der Waals surface area contributed by atoms with Crippen molar-refractivity contribution in [1.29, 1.82) is 0 Å². The van der Waals surface area contributed by atoms with E-state index < -0.39 is 0 Å². The van der Waals surface area contributed by atoms with Crippen molar-refractivity contribution >= 4 is 0 Å². The summed E-state index contributed by atoms with van der Waals surface area (Å²) in [5, 5.41) is 0. The van der Waals surface area contributed by atoms with Gasteiger partial charge in [-0.1, -0.05) is 0 Å². The molecule has 0 heterocycles. The highest BCUT2D eigenvalue weighted by atomic mass is 19.1. The predicted octanol–water partition coefficient (Wildman–Crippen LogP) is 1.63. The third-order valence-electron chi connectivity index (χ3n) is 0.693. The molecule has 1 rings (SSSR count). The molecule has 0 aliphatic heterocycles. The van der Waals surface area contributed by atoms with Gasteiger partial charge in [-0.2, -0.15) is 0 Å². The third kappa shape index (κ3) is 0.469. The molecular weight excluding hydrogens is 67.0 g/mol.